The molecule has 0 amide bonds. The van der Waals surface area contributed by atoms with Gasteiger partial charge in [-0.3, -0.25) is 0 Å². The number of rotatable bonds is 3. The Labute approximate surface area is 182 Å². The third-order valence-corrected chi connectivity index (χ3v) is 9.28. The Morgan fingerprint density at radius 2 is 2.00 bits per heavy atom. The van der Waals surface area contributed by atoms with E-state index in [9.17, 15) is 5.11 Å². The second-order valence-electron chi connectivity index (χ2n) is 10.3. The van der Waals surface area contributed by atoms with Crippen LogP contribution in [0.4, 0.5) is 0 Å². The van der Waals surface area contributed by atoms with E-state index in [1.54, 1.807) is 7.11 Å². The lowest BCUT2D eigenvalue weighted by Gasteiger charge is -2.67. The van der Waals surface area contributed by atoms with E-state index in [0.717, 1.165) is 42.9 Å². The minimum absolute atomic E-state index is 0.0420. The van der Waals surface area contributed by atoms with Gasteiger partial charge >= 0.3 is 0 Å². The van der Waals surface area contributed by atoms with Crippen LogP contribution in [0.3, 0.4) is 0 Å². The van der Waals surface area contributed by atoms with E-state index in [2.05, 4.69) is 24.1 Å². The highest BCUT2D eigenvalue weighted by Crippen LogP contribution is 2.70. The lowest BCUT2D eigenvalue weighted by molar-refractivity contribution is -0.307. The molecule has 2 aromatic carbocycles. The van der Waals surface area contributed by atoms with Gasteiger partial charge in [-0.2, -0.15) is 0 Å². The fourth-order valence-electron chi connectivity index (χ4n) is 7.82. The molecule has 1 N–H and O–H groups in total. The van der Waals surface area contributed by atoms with Crippen LogP contribution in [0, 0.1) is 11.3 Å². The summed E-state index contributed by atoms with van der Waals surface area (Å²) in [6, 6.07) is 14.9. The van der Waals surface area contributed by atoms with Crippen LogP contribution in [-0.2, 0) is 16.6 Å². The first kappa shape index (κ1) is 18.5. The molecule has 1 saturated carbocycles. The van der Waals surface area contributed by atoms with Crippen LogP contribution in [0.15, 0.2) is 42.5 Å². The number of fused-ring (bicyclic) bond motifs is 2. The van der Waals surface area contributed by atoms with Crippen LogP contribution < -0.4 is 9.47 Å². The Kier molecular flexibility index (Phi) is 3.60. The molecule has 5 nitrogen and oxygen atoms in total. The Balaban J connectivity index is 1.41. The van der Waals surface area contributed by atoms with Crippen molar-refractivity contribution in [2.75, 3.05) is 27.3 Å². The number of aliphatic hydroxyl groups is 1. The van der Waals surface area contributed by atoms with Crippen molar-refractivity contribution in [3.05, 3.63) is 59.2 Å². The van der Waals surface area contributed by atoms with Gasteiger partial charge in [-0.05, 0) is 56.0 Å². The summed E-state index contributed by atoms with van der Waals surface area (Å²) in [6.45, 7) is 1.66. The summed E-state index contributed by atoms with van der Waals surface area (Å²) in [6.07, 6.45) is 2.35. The summed E-state index contributed by atoms with van der Waals surface area (Å²) in [5.74, 6) is 2.20. The lowest BCUT2D eigenvalue weighted by Crippen LogP contribution is -2.75. The molecule has 5 aliphatic rings. The predicted octanol–water partition coefficient (Wildman–Crippen LogP) is 3.09. The number of likely N-dealkylation sites (tertiary alicyclic amines) is 1. The van der Waals surface area contributed by atoms with E-state index < -0.39 is 6.10 Å². The van der Waals surface area contributed by atoms with Crippen LogP contribution in [0.2, 0.25) is 0 Å². The zero-order chi connectivity index (χ0) is 21.0. The smallest absolute Gasteiger partial charge is 0.165 e. The SMILES string of the molecule is COc1ccc2c3c1O[C@H]1[C@H]4OC[C@@]4(C(O)c4ccccc4)CC4[C@@H](C2)N(C)CC[C@@]341. The van der Waals surface area contributed by atoms with Gasteiger partial charge in [-0.25, -0.2) is 0 Å². The molecule has 2 bridgehead atoms. The Morgan fingerprint density at radius 3 is 2.74 bits per heavy atom. The number of hydrogen-bond donors (Lipinski definition) is 1. The zero-order valence-corrected chi connectivity index (χ0v) is 18.1. The molecule has 2 aliphatic carbocycles. The van der Waals surface area contributed by atoms with Crippen LogP contribution >= 0.6 is 0 Å². The Bertz CT molecular complexity index is 1060. The molecule has 31 heavy (non-hydrogen) atoms. The van der Waals surface area contributed by atoms with Gasteiger partial charge < -0.3 is 24.2 Å². The van der Waals surface area contributed by atoms with Gasteiger partial charge in [0.1, 0.15) is 12.2 Å². The van der Waals surface area contributed by atoms with E-state index >= 15 is 0 Å². The van der Waals surface area contributed by atoms with E-state index in [1.165, 1.54) is 11.1 Å². The molecule has 1 spiro atoms. The number of benzene rings is 2. The van der Waals surface area contributed by atoms with E-state index in [4.69, 9.17) is 14.2 Å². The average Bonchev–Trinajstić information content (AvgIpc) is 3.11. The van der Waals surface area contributed by atoms with Crippen molar-refractivity contribution in [2.45, 2.75) is 49.0 Å². The van der Waals surface area contributed by atoms with Crippen molar-refractivity contribution in [1.82, 2.24) is 4.90 Å². The van der Waals surface area contributed by atoms with Gasteiger partial charge in [0.2, 0.25) is 0 Å². The zero-order valence-electron chi connectivity index (χ0n) is 18.1. The maximum absolute atomic E-state index is 11.6. The molecule has 2 saturated heterocycles. The Morgan fingerprint density at radius 1 is 1.16 bits per heavy atom. The molecular formula is C26H29NO4. The third kappa shape index (κ3) is 2.04. The fraction of sp³-hybridized carbons (Fsp3) is 0.538. The molecule has 0 aromatic heterocycles. The first-order valence-electron chi connectivity index (χ1n) is 11.5. The average molecular weight is 420 g/mol. The summed E-state index contributed by atoms with van der Waals surface area (Å²) >= 11 is 0. The van der Waals surface area contributed by atoms with Crippen molar-refractivity contribution in [3.63, 3.8) is 0 Å². The van der Waals surface area contributed by atoms with E-state index in [-0.39, 0.29) is 23.0 Å². The number of piperidine rings is 1. The Hall–Kier alpha value is -2.08. The summed E-state index contributed by atoms with van der Waals surface area (Å²) in [7, 11) is 3.99. The van der Waals surface area contributed by atoms with Gasteiger partial charge in [-0.15, -0.1) is 0 Å². The minimum Gasteiger partial charge on any atom is -0.493 e. The summed E-state index contributed by atoms with van der Waals surface area (Å²) < 4.78 is 18.8. The van der Waals surface area contributed by atoms with Crippen molar-refractivity contribution < 1.29 is 19.3 Å². The molecule has 2 unspecified atom stereocenters. The van der Waals surface area contributed by atoms with Gasteiger partial charge in [0, 0.05) is 17.0 Å². The highest BCUT2D eigenvalue weighted by atomic mass is 16.6. The molecule has 7 atom stereocenters. The van der Waals surface area contributed by atoms with Crippen LogP contribution in [-0.4, -0.2) is 55.6 Å². The van der Waals surface area contributed by atoms with Crippen molar-refractivity contribution >= 4 is 0 Å². The summed E-state index contributed by atoms with van der Waals surface area (Å²) in [4.78, 5) is 2.54. The standard InChI is InChI=1S/C26H29NO4/c1-27-11-10-26-17-13-25(22(28)15-6-4-3-5-7-15)14-30-23(25)24(26)31-21-19(29-2)9-8-16(20(21)26)12-18(17)27/h3-9,17-18,22-24,28H,10-14H2,1-2H3/t17?,18-,22?,23-,24+,25-,26+/m1/s1. The second-order valence-corrected chi connectivity index (χ2v) is 10.3. The van der Waals surface area contributed by atoms with E-state index in [1.807, 2.05) is 30.3 Å². The van der Waals surface area contributed by atoms with Gasteiger partial charge in [0.15, 0.2) is 11.5 Å². The molecule has 3 heterocycles. The van der Waals surface area contributed by atoms with Gasteiger partial charge in [-0.1, -0.05) is 36.4 Å². The quantitative estimate of drug-likeness (QED) is 0.829. The molecule has 7 rings (SSSR count). The largest absolute Gasteiger partial charge is 0.493 e. The number of methoxy groups -OCH3 is 1. The van der Waals surface area contributed by atoms with Crippen LogP contribution in [0.25, 0.3) is 0 Å². The molecule has 162 valence electrons. The maximum Gasteiger partial charge on any atom is 0.165 e. The monoisotopic (exact) mass is 419 g/mol. The highest BCUT2D eigenvalue weighted by molar-refractivity contribution is 5.61. The third-order valence-electron chi connectivity index (χ3n) is 9.28. The predicted molar refractivity (Wildman–Crippen MR) is 116 cm³/mol. The minimum atomic E-state index is -0.550. The summed E-state index contributed by atoms with van der Waals surface area (Å²) in [5, 5.41) is 11.6. The first-order valence-corrected chi connectivity index (χ1v) is 11.5. The maximum atomic E-state index is 11.6. The van der Waals surface area contributed by atoms with Crippen molar-refractivity contribution in [1.29, 1.82) is 0 Å². The van der Waals surface area contributed by atoms with E-state index in [0.29, 0.717) is 18.6 Å². The lowest BCUT2D eigenvalue weighted by atomic mass is 9.44. The molecular weight excluding hydrogens is 390 g/mol. The topological polar surface area (TPSA) is 51.2 Å². The molecule has 3 aliphatic heterocycles. The fourth-order valence-corrected chi connectivity index (χ4v) is 7.82. The molecule has 3 fully saturated rings. The number of ether oxygens (including phenoxy) is 3. The number of hydrogen-bond acceptors (Lipinski definition) is 5. The van der Waals surface area contributed by atoms with Gasteiger partial charge in [0.25, 0.3) is 0 Å². The van der Waals surface area contributed by atoms with Gasteiger partial charge in [0.05, 0.1) is 25.2 Å². The van der Waals surface area contributed by atoms with Crippen LogP contribution in [0.1, 0.15) is 35.6 Å². The number of nitrogens with zero attached hydrogens (tertiary/aromatic N) is 1. The van der Waals surface area contributed by atoms with Crippen molar-refractivity contribution in [3.8, 4) is 11.5 Å². The van der Waals surface area contributed by atoms with Crippen LogP contribution in [0.5, 0.6) is 11.5 Å². The molecule has 0 radical (unpaired) electrons. The second kappa shape index (κ2) is 6.03. The molecule has 5 heteroatoms. The summed E-state index contributed by atoms with van der Waals surface area (Å²) in [5.41, 5.74) is 3.42. The first-order chi connectivity index (χ1) is 15.1. The molecule has 2 aromatic rings. The normalized spacial score (nSPS) is 40.2. The number of aliphatic hydroxyl groups excluding tert-OH is 1. The number of likely N-dealkylation sites (N-methyl/N-ethyl adjacent to an activating group) is 1. The van der Waals surface area contributed by atoms with Crippen molar-refractivity contribution in [2.24, 2.45) is 11.3 Å². The highest BCUT2D eigenvalue weighted by Gasteiger charge is 2.74.